The Hall–Kier alpha value is -0.380. The molecule has 0 aliphatic carbocycles. The highest BCUT2D eigenvalue weighted by molar-refractivity contribution is 7.10. The van der Waals surface area contributed by atoms with Crippen LogP contribution in [0.5, 0.6) is 0 Å². The fourth-order valence-corrected chi connectivity index (χ4v) is 3.19. The Labute approximate surface area is 102 Å². The maximum atomic E-state index is 5.49. The Kier molecular flexibility index (Phi) is 4.38. The summed E-state index contributed by atoms with van der Waals surface area (Å²) in [6, 6.07) is 2.67. The van der Waals surface area contributed by atoms with E-state index in [-0.39, 0.29) is 0 Å². The zero-order valence-corrected chi connectivity index (χ0v) is 11.0. The lowest BCUT2D eigenvalue weighted by Gasteiger charge is -2.24. The molecule has 2 unspecified atom stereocenters. The first-order valence-corrected chi connectivity index (χ1v) is 7.00. The molecule has 0 amide bonds. The second-order valence-electron chi connectivity index (χ2n) is 4.68. The second kappa shape index (κ2) is 5.80. The first kappa shape index (κ1) is 12.1. The Morgan fingerprint density at radius 2 is 2.50 bits per heavy atom. The van der Waals surface area contributed by atoms with Gasteiger partial charge in [-0.1, -0.05) is 0 Å². The lowest BCUT2D eigenvalue weighted by molar-refractivity contribution is 0.0540. The third kappa shape index (κ3) is 3.06. The molecular weight excluding hydrogens is 218 g/mol. The summed E-state index contributed by atoms with van der Waals surface area (Å²) in [5.74, 6) is 0.705. The van der Waals surface area contributed by atoms with Crippen molar-refractivity contribution in [2.75, 3.05) is 19.8 Å². The van der Waals surface area contributed by atoms with Crippen LogP contribution in [0.3, 0.4) is 0 Å². The van der Waals surface area contributed by atoms with E-state index in [9.17, 15) is 0 Å². The number of hydrogen-bond donors (Lipinski definition) is 1. The molecule has 0 aromatic carbocycles. The van der Waals surface area contributed by atoms with Gasteiger partial charge in [0.15, 0.2) is 0 Å². The van der Waals surface area contributed by atoms with Crippen molar-refractivity contribution in [3.05, 3.63) is 21.9 Å². The minimum atomic E-state index is 0.474. The van der Waals surface area contributed by atoms with E-state index < -0.39 is 0 Å². The second-order valence-corrected chi connectivity index (χ2v) is 5.63. The van der Waals surface area contributed by atoms with E-state index in [4.69, 9.17) is 4.74 Å². The van der Waals surface area contributed by atoms with E-state index >= 15 is 0 Å². The van der Waals surface area contributed by atoms with Crippen molar-refractivity contribution in [2.45, 2.75) is 32.7 Å². The third-order valence-electron chi connectivity index (χ3n) is 3.26. The number of nitrogens with one attached hydrogen (secondary N) is 1. The maximum absolute atomic E-state index is 5.49. The first-order valence-electron chi connectivity index (χ1n) is 6.12. The summed E-state index contributed by atoms with van der Waals surface area (Å²) in [4.78, 5) is 1.47. The molecule has 1 aliphatic heterocycles. The van der Waals surface area contributed by atoms with Gasteiger partial charge in [0.25, 0.3) is 0 Å². The van der Waals surface area contributed by atoms with E-state index in [1.54, 1.807) is 0 Å². The van der Waals surface area contributed by atoms with Gasteiger partial charge in [-0.25, -0.2) is 0 Å². The molecule has 0 bridgehead atoms. The normalized spacial score (nSPS) is 23.2. The fourth-order valence-electron chi connectivity index (χ4n) is 2.23. The van der Waals surface area contributed by atoms with Crippen LogP contribution in [0.15, 0.2) is 11.4 Å². The molecule has 1 N–H and O–H groups in total. The molecular formula is C13H21NOS. The van der Waals surface area contributed by atoms with Crippen LogP contribution in [-0.2, 0) is 4.74 Å². The Morgan fingerprint density at radius 3 is 3.12 bits per heavy atom. The lowest BCUT2D eigenvalue weighted by Crippen LogP contribution is -2.30. The Bertz CT molecular complexity index is 317. The minimum Gasteiger partial charge on any atom is -0.381 e. The van der Waals surface area contributed by atoms with Gasteiger partial charge in [-0.3, -0.25) is 0 Å². The van der Waals surface area contributed by atoms with Gasteiger partial charge in [0.1, 0.15) is 0 Å². The topological polar surface area (TPSA) is 21.3 Å². The van der Waals surface area contributed by atoms with Crippen LogP contribution in [0.25, 0.3) is 0 Å². The summed E-state index contributed by atoms with van der Waals surface area (Å²) >= 11 is 1.85. The Morgan fingerprint density at radius 1 is 1.62 bits per heavy atom. The van der Waals surface area contributed by atoms with Crippen molar-refractivity contribution in [3.8, 4) is 0 Å². The fraction of sp³-hybridized carbons (Fsp3) is 0.692. The molecule has 3 heteroatoms. The molecule has 1 aromatic rings. The quantitative estimate of drug-likeness (QED) is 0.871. The number of ether oxygens (including phenoxy) is 1. The van der Waals surface area contributed by atoms with Crippen LogP contribution in [0.1, 0.15) is 36.2 Å². The highest BCUT2D eigenvalue weighted by Crippen LogP contribution is 2.24. The summed E-state index contributed by atoms with van der Waals surface area (Å²) in [7, 11) is 0. The van der Waals surface area contributed by atoms with Gasteiger partial charge in [0.05, 0.1) is 6.61 Å². The standard InChI is InChI=1S/C13H21NOS/c1-10-5-7-16-13(10)11(2)14-8-12-4-3-6-15-9-12/h5,7,11-12,14H,3-4,6,8-9H2,1-2H3. The highest BCUT2D eigenvalue weighted by Gasteiger charge is 2.16. The predicted molar refractivity (Wildman–Crippen MR) is 69.0 cm³/mol. The van der Waals surface area contributed by atoms with Crippen molar-refractivity contribution >= 4 is 11.3 Å². The number of hydrogen-bond acceptors (Lipinski definition) is 3. The van der Waals surface area contributed by atoms with Gasteiger partial charge >= 0.3 is 0 Å². The zero-order valence-electron chi connectivity index (χ0n) is 10.2. The molecule has 1 saturated heterocycles. The molecule has 90 valence electrons. The predicted octanol–water partition coefficient (Wildman–Crippen LogP) is 3.13. The summed E-state index contributed by atoms with van der Waals surface area (Å²) in [5, 5.41) is 5.80. The monoisotopic (exact) mass is 239 g/mol. The van der Waals surface area contributed by atoms with Crippen LogP contribution >= 0.6 is 11.3 Å². The zero-order chi connectivity index (χ0) is 11.4. The van der Waals surface area contributed by atoms with E-state index in [0.717, 1.165) is 19.8 Å². The molecule has 16 heavy (non-hydrogen) atoms. The van der Waals surface area contributed by atoms with Crippen molar-refractivity contribution in [3.63, 3.8) is 0 Å². The van der Waals surface area contributed by atoms with Gasteiger partial charge in [-0.2, -0.15) is 0 Å². The SMILES string of the molecule is Cc1ccsc1C(C)NCC1CCCOC1. The highest BCUT2D eigenvalue weighted by atomic mass is 32.1. The first-order chi connectivity index (χ1) is 7.77. The largest absolute Gasteiger partial charge is 0.381 e. The van der Waals surface area contributed by atoms with E-state index in [2.05, 4.69) is 30.6 Å². The Balaban J connectivity index is 1.79. The average Bonchev–Trinajstić information content (AvgIpc) is 2.74. The maximum Gasteiger partial charge on any atom is 0.0506 e. The molecule has 2 heterocycles. The third-order valence-corrected chi connectivity index (χ3v) is 4.46. The summed E-state index contributed by atoms with van der Waals surface area (Å²) in [6.07, 6.45) is 2.53. The van der Waals surface area contributed by atoms with Crippen LogP contribution in [-0.4, -0.2) is 19.8 Å². The summed E-state index contributed by atoms with van der Waals surface area (Å²) in [6.45, 7) is 7.41. The summed E-state index contributed by atoms with van der Waals surface area (Å²) in [5.41, 5.74) is 1.41. The number of rotatable bonds is 4. The smallest absolute Gasteiger partial charge is 0.0506 e. The minimum absolute atomic E-state index is 0.474. The average molecular weight is 239 g/mol. The summed E-state index contributed by atoms with van der Waals surface area (Å²) < 4.78 is 5.49. The van der Waals surface area contributed by atoms with Gasteiger partial charge < -0.3 is 10.1 Å². The van der Waals surface area contributed by atoms with Crippen molar-refractivity contribution < 1.29 is 4.74 Å². The van der Waals surface area contributed by atoms with Gasteiger partial charge in [-0.05, 0) is 49.6 Å². The van der Waals surface area contributed by atoms with Crippen LogP contribution in [0, 0.1) is 12.8 Å². The van der Waals surface area contributed by atoms with Crippen LogP contribution in [0.4, 0.5) is 0 Å². The molecule has 2 atom stereocenters. The van der Waals surface area contributed by atoms with Crippen molar-refractivity contribution in [1.29, 1.82) is 0 Å². The van der Waals surface area contributed by atoms with Gasteiger partial charge in [-0.15, -0.1) is 11.3 Å². The van der Waals surface area contributed by atoms with Crippen molar-refractivity contribution in [2.24, 2.45) is 5.92 Å². The molecule has 1 aliphatic rings. The molecule has 1 fully saturated rings. The van der Waals surface area contributed by atoms with Crippen LogP contribution < -0.4 is 5.32 Å². The molecule has 0 saturated carbocycles. The molecule has 2 rings (SSSR count). The van der Waals surface area contributed by atoms with Crippen molar-refractivity contribution in [1.82, 2.24) is 5.32 Å². The van der Waals surface area contributed by atoms with E-state index in [0.29, 0.717) is 12.0 Å². The number of thiophene rings is 1. The van der Waals surface area contributed by atoms with Gasteiger partial charge in [0.2, 0.25) is 0 Å². The molecule has 2 nitrogen and oxygen atoms in total. The molecule has 0 radical (unpaired) electrons. The van der Waals surface area contributed by atoms with E-state index in [1.807, 2.05) is 11.3 Å². The van der Waals surface area contributed by atoms with Gasteiger partial charge in [0, 0.05) is 24.1 Å². The number of aryl methyl sites for hydroxylation is 1. The lowest BCUT2D eigenvalue weighted by atomic mass is 10.0. The molecule has 0 spiro atoms. The van der Waals surface area contributed by atoms with Crippen LogP contribution in [0.2, 0.25) is 0 Å². The molecule has 1 aromatic heterocycles. The van der Waals surface area contributed by atoms with E-state index in [1.165, 1.54) is 23.3 Å².